The fourth-order valence-corrected chi connectivity index (χ4v) is 5.89. The van der Waals surface area contributed by atoms with Crippen molar-refractivity contribution in [2.24, 2.45) is 0 Å². The number of nitrogens with zero attached hydrogens (tertiary/aromatic N) is 2. The second-order valence-corrected chi connectivity index (χ2v) is 11.1. The molecule has 7 aromatic rings. The normalized spacial score (nSPS) is 11.7. The molecule has 0 aliphatic heterocycles. The molecular formula is C37H31IrN2O-. The van der Waals surface area contributed by atoms with Crippen LogP contribution in [-0.2, 0) is 20.1 Å². The molecule has 5 aromatic carbocycles. The molecule has 0 bridgehead atoms. The average Bonchev–Trinajstić information content (AvgIpc) is 3.55. The minimum absolute atomic E-state index is 0. The van der Waals surface area contributed by atoms with Gasteiger partial charge in [-0.05, 0) is 64.4 Å². The summed E-state index contributed by atoms with van der Waals surface area (Å²) < 4.78 is 8.83. The Bertz CT molecular complexity index is 1990. The molecule has 0 amide bonds. The summed E-state index contributed by atoms with van der Waals surface area (Å²) in [5.74, 6) is 1.45. The van der Waals surface area contributed by atoms with Gasteiger partial charge in [-0.1, -0.05) is 99.3 Å². The maximum absolute atomic E-state index is 6.47. The number of fused-ring (bicyclic) bond motifs is 4. The molecule has 0 unspecified atom stereocenters. The number of imidazole rings is 1. The Kier molecular flexibility index (Phi) is 7.15. The van der Waals surface area contributed by atoms with Gasteiger partial charge in [-0.25, -0.2) is 0 Å². The summed E-state index contributed by atoms with van der Waals surface area (Å²) >= 11 is 0. The molecule has 2 heterocycles. The summed E-state index contributed by atoms with van der Waals surface area (Å²) in [5, 5.41) is 2.18. The molecule has 3 nitrogen and oxygen atoms in total. The van der Waals surface area contributed by atoms with Crippen molar-refractivity contribution in [2.45, 2.75) is 39.5 Å². The Labute approximate surface area is 254 Å². The molecule has 0 aliphatic carbocycles. The van der Waals surface area contributed by atoms with Crippen LogP contribution in [0, 0.1) is 6.07 Å². The standard InChI is InChI=1S/C37H31N2O.Ir/c1-23(2)30-21-26(25-13-6-5-7-14-25)22-31(24(3)4)35(30)39-33-19-10-9-18-32(33)38-37(39)29-17-12-16-28-27-15-8-11-20-34(27)40-36(28)29;/h5-16,18-24H,1-4H3;/q-1;. The summed E-state index contributed by atoms with van der Waals surface area (Å²) in [7, 11) is 0. The molecule has 4 heteroatoms. The van der Waals surface area contributed by atoms with Gasteiger partial charge in [0, 0.05) is 31.2 Å². The van der Waals surface area contributed by atoms with Gasteiger partial charge in [-0.3, -0.25) is 4.98 Å². The predicted molar refractivity (Wildman–Crippen MR) is 166 cm³/mol. The third-order valence-electron chi connectivity index (χ3n) is 7.87. The molecule has 0 spiro atoms. The minimum atomic E-state index is 0. The van der Waals surface area contributed by atoms with Crippen molar-refractivity contribution < 1.29 is 24.5 Å². The first-order valence-electron chi connectivity index (χ1n) is 14.0. The summed E-state index contributed by atoms with van der Waals surface area (Å²) in [4.78, 5) is 5.23. The van der Waals surface area contributed by atoms with Crippen molar-refractivity contribution in [1.82, 2.24) is 9.55 Å². The summed E-state index contributed by atoms with van der Waals surface area (Å²) in [5.41, 5.74) is 10.9. The van der Waals surface area contributed by atoms with E-state index in [-0.39, 0.29) is 20.1 Å². The van der Waals surface area contributed by atoms with Crippen molar-refractivity contribution in [2.75, 3.05) is 0 Å². The maximum Gasteiger partial charge on any atom is 0.120 e. The largest absolute Gasteiger partial charge is 0.501 e. The van der Waals surface area contributed by atoms with Crippen LogP contribution in [0.2, 0.25) is 0 Å². The second kappa shape index (κ2) is 10.8. The van der Waals surface area contributed by atoms with Gasteiger partial charge in [-0.2, -0.15) is 0 Å². The zero-order valence-electron chi connectivity index (χ0n) is 23.6. The van der Waals surface area contributed by atoms with E-state index >= 15 is 0 Å². The molecule has 0 saturated carbocycles. The van der Waals surface area contributed by atoms with Gasteiger partial charge in [0.15, 0.2) is 0 Å². The average molecular weight is 712 g/mol. The van der Waals surface area contributed by atoms with Crippen molar-refractivity contribution in [3.05, 3.63) is 120 Å². The van der Waals surface area contributed by atoms with E-state index in [2.05, 4.69) is 123 Å². The topological polar surface area (TPSA) is 31.0 Å². The maximum atomic E-state index is 6.47. The molecule has 205 valence electrons. The van der Waals surface area contributed by atoms with E-state index in [0.29, 0.717) is 11.8 Å². The minimum Gasteiger partial charge on any atom is -0.501 e. The van der Waals surface area contributed by atoms with Gasteiger partial charge in [0.05, 0.1) is 22.4 Å². The van der Waals surface area contributed by atoms with Crippen LogP contribution in [-0.4, -0.2) is 9.55 Å². The summed E-state index contributed by atoms with van der Waals surface area (Å²) in [6.45, 7) is 9.12. The van der Waals surface area contributed by atoms with Crippen molar-refractivity contribution in [3.8, 4) is 28.2 Å². The Balaban J connectivity index is 0.00000302. The second-order valence-electron chi connectivity index (χ2n) is 11.1. The zero-order valence-corrected chi connectivity index (χ0v) is 26.0. The predicted octanol–water partition coefficient (Wildman–Crippen LogP) is 10.3. The fourth-order valence-electron chi connectivity index (χ4n) is 5.89. The molecule has 0 atom stereocenters. The number of furan rings is 1. The van der Waals surface area contributed by atoms with Crippen molar-refractivity contribution in [1.29, 1.82) is 0 Å². The van der Waals surface area contributed by atoms with Crippen LogP contribution in [0.4, 0.5) is 0 Å². The van der Waals surface area contributed by atoms with Gasteiger partial charge < -0.3 is 8.98 Å². The van der Waals surface area contributed by atoms with Crippen LogP contribution in [0.1, 0.15) is 50.7 Å². The van der Waals surface area contributed by atoms with Gasteiger partial charge in [0.2, 0.25) is 0 Å². The SMILES string of the molecule is CC(C)c1cc(-c2ccccc2)cc(C(C)C)c1-n1c(-c2[c-]ccc3c2oc2ccccc23)nc2ccccc21.[Ir]. The fraction of sp³-hybridized carbons (Fsp3) is 0.162. The number of rotatable bonds is 5. The molecule has 0 aliphatic rings. The van der Waals surface area contributed by atoms with Crippen LogP contribution in [0.5, 0.6) is 0 Å². The molecule has 0 saturated heterocycles. The van der Waals surface area contributed by atoms with E-state index in [9.17, 15) is 0 Å². The molecular weight excluding hydrogens is 681 g/mol. The zero-order chi connectivity index (χ0) is 27.4. The smallest absolute Gasteiger partial charge is 0.120 e. The Morgan fingerprint density at radius 2 is 1.37 bits per heavy atom. The van der Waals surface area contributed by atoms with Crippen LogP contribution < -0.4 is 0 Å². The summed E-state index contributed by atoms with van der Waals surface area (Å²) in [6.07, 6.45) is 0. The number of hydrogen-bond donors (Lipinski definition) is 0. The monoisotopic (exact) mass is 712 g/mol. The van der Waals surface area contributed by atoms with Gasteiger partial charge in [0.25, 0.3) is 0 Å². The van der Waals surface area contributed by atoms with Crippen LogP contribution in [0.15, 0.2) is 108 Å². The molecule has 0 fully saturated rings. The Morgan fingerprint density at radius 1 is 0.707 bits per heavy atom. The molecule has 1 radical (unpaired) electrons. The van der Waals surface area contributed by atoms with E-state index < -0.39 is 0 Å². The Hall–Kier alpha value is -3.98. The van der Waals surface area contributed by atoms with E-state index in [1.54, 1.807) is 0 Å². The van der Waals surface area contributed by atoms with Crippen molar-refractivity contribution >= 4 is 33.0 Å². The van der Waals surface area contributed by atoms with Gasteiger partial charge in [0.1, 0.15) is 5.58 Å². The van der Waals surface area contributed by atoms with Crippen LogP contribution in [0.25, 0.3) is 61.2 Å². The number of hydrogen-bond acceptors (Lipinski definition) is 2. The van der Waals surface area contributed by atoms with Gasteiger partial charge >= 0.3 is 0 Å². The Morgan fingerprint density at radius 3 is 2.10 bits per heavy atom. The number of aromatic nitrogens is 2. The first kappa shape index (κ1) is 27.2. The summed E-state index contributed by atoms with van der Waals surface area (Å²) in [6, 6.07) is 39.6. The third kappa shape index (κ3) is 4.52. The van der Waals surface area contributed by atoms with Crippen LogP contribution in [0.3, 0.4) is 0 Å². The van der Waals surface area contributed by atoms with E-state index in [0.717, 1.165) is 44.4 Å². The molecule has 0 N–H and O–H groups in total. The number of benzene rings is 5. The molecule has 7 rings (SSSR count). The van der Waals surface area contributed by atoms with E-state index in [4.69, 9.17) is 9.40 Å². The first-order valence-corrected chi connectivity index (χ1v) is 14.0. The van der Waals surface area contributed by atoms with Crippen LogP contribution >= 0.6 is 0 Å². The third-order valence-corrected chi connectivity index (χ3v) is 7.87. The molecule has 41 heavy (non-hydrogen) atoms. The van der Waals surface area contributed by atoms with Crippen molar-refractivity contribution in [3.63, 3.8) is 0 Å². The molecule has 2 aromatic heterocycles. The quantitative estimate of drug-likeness (QED) is 0.167. The van der Waals surface area contributed by atoms with E-state index in [1.807, 2.05) is 18.2 Å². The van der Waals surface area contributed by atoms with E-state index in [1.165, 1.54) is 27.9 Å². The number of para-hydroxylation sites is 3. The first-order chi connectivity index (χ1) is 19.5. The van der Waals surface area contributed by atoms with Gasteiger partial charge in [-0.15, -0.1) is 18.2 Å².